The van der Waals surface area contributed by atoms with E-state index in [-0.39, 0.29) is 18.4 Å². The Morgan fingerprint density at radius 3 is 2.95 bits per heavy atom. The zero-order chi connectivity index (χ0) is 15.0. The lowest BCUT2D eigenvalue weighted by molar-refractivity contribution is -0.121. The van der Waals surface area contributed by atoms with Gasteiger partial charge in [0.05, 0.1) is 6.61 Å². The normalized spacial score (nSPS) is 22.1. The van der Waals surface area contributed by atoms with Crippen molar-refractivity contribution in [3.63, 3.8) is 0 Å². The van der Waals surface area contributed by atoms with E-state index in [4.69, 9.17) is 14.9 Å². The third kappa shape index (κ3) is 2.64. The highest BCUT2D eigenvalue weighted by atomic mass is 16.5. The second kappa shape index (κ2) is 5.13. The minimum atomic E-state index is -0.943. The number of nitrogens with one attached hydrogen (secondary N) is 1. The number of amides is 1. The number of carbonyl (C=O) groups excluding carboxylic acids is 1. The van der Waals surface area contributed by atoms with Crippen molar-refractivity contribution in [1.82, 2.24) is 4.98 Å². The van der Waals surface area contributed by atoms with E-state index in [0.717, 1.165) is 5.52 Å². The fourth-order valence-corrected chi connectivity index (χ4v) is 2.29. The topological polar surface area (TPSA) is 90.4 Å². The van der Waals surface area contributed by atoms with Gasteiger partial charge < -0.3 is 20.2 Å². The summed E-state index contributed by atoms with van der Waals surface area (Å²) < 4.78 is 10.8. The van der Waals surface area contributed by atoms with Crippen molar-refractivity contribution >= 4 is 22.7 Å². The van der Waals surface area contributed by atoms with Crippen LogP contribution in [0.15, 0.2) is 22.6 Å². The maximum absolute atomic E-state index is 12.2. The zero-order valence-corrected chi connectivity index (χ0v) is 12.2. The number of hydrogen-bond donors (Lipinski definition) is 2. The molecule has 0 aliphatic carbocycles. The Morgan fingerprint density at radius 2 is 2.29 bits per heavy atom. The lowest BCUT2D eigenvalue weighted by atomic mass is 9.99. The van der Waals surface area contributed by atoms with Gasteiger partial charge in [-0.05, 0) is 24.6 Å². The number of fused-ring (bicyclic) bond motifs is 1. The summed E-state index contributed by atoms with van der Waals surface area (Å²) in [6.45, 7) is 4.81. The van der Waals surface area contributed by atoms with E-state index in [1.165, 1.54) is 0 Å². The molecule has 21 heavy (non-hydrogen) atoms. The van der Waals surface area contributed by atoms with Crippen LogP contribution in [0.3, 0.4) is 0 Å². The molecule has 1 amide bonds. The van der Waals surface area contributed by atoms with Gasteiger partial charge in [-0.15, -0.1) is 0 Å². The van der Waals surface area contributed by atoms with Gasteiger partial charge in [0.2, 0.25) is 5.91 Å². The summed E-state index contributed by atoms with van der Waals surface area (Å²) in [5, 5.41) is 2.83. The smallest absolute Gasteiger partial charge is 0.246 e. The van der Waals surface area contributed by atoms with Gasteiger partial charge in [-0.1, -0.05) is 13.8 Å². The number of rotatable bonds is 3. The molecule has 1 unspecified atom stereocenters. The van der Waals surface area contributed by atoms with Crippen molar-refractivity contribution in [2.24, 2.45) is 5.73 Å². The molecule has 1 atom stereocenters. The van der Waals surface area contributed by atoms with E-state index in [2.05, 4.69) is 10.3 Å². The molecule has 0 spiro atoms. The number of nitrogens with zero attached hydrogens (tertiary/aromatic N) is 1. The van der Waals surface area contributed by atoms with Crippen LogP contribution in [0.25, 0.3) is 11.1 Å². The Hall–Kier alpha value is -1.92. The molecule has 1 fully saturated rings. The molecule has 1 aliphatic rings. The second-order valence-electron chi connectivity index (χ2n) is 5.80. The van der Waals surface area contributed by atoms with Crippen molar-refractivity contribution in [2.75, 3.05) is 18.5 Å². The van der Waals surface area contributed by atoms with Gasteiger partial charge in [0.15, 0.2) is 11.5 Å². The summed E-state index contributed by atoms with van der Waals surface area (Å²) in [5.74, 6) is 0.679. The number of benzene rings is 1. The first-order valence-corrected chi connectivity index (χ1v) is 7.06. The van der Waals surface area contributed by atoms with Gasteiger partial charge in [-0.25, -0.2) is 4.98 Å². The average Bonchev–Trinajstić information content (AvgIpc) is 3.05. The molecular weight excluding hydrogens is 270 g/mol. The summed E-state index contributed by atoms with van der Waals surface area (Å²) in [6, 6.07) is 5.38. The highest BCUT2D eigenvalue weighted by Gasteiger charge is 2.38. The number of anilines is 1. The first kappa shape index (κ1) is 14.0. The molecule has 1 aromatic carbocycles. The number of oxazole rings is 1. The van der Waals surface area contributed by atoms with E-state index in [1.807, 2.05) is 13.8 Å². The van der Waals surface area contributed by atoms with Gasteiger partial charge in [0.25, 0.3) is 0 Å². The molecular formula is C15H19N3O3. The zero-order valence-electron chi connectivity index (χ0n) is 12.2. The molecule has 2 heterocycles. The van der Waals surface area contributed by atoms with E-state index in [9.17, 15) is 4.79 Å². The van der Waals surface area contributed by atoms with Crippen LogP contribution in [0.1, 0.15) is 32.1 Å². The SMILES string of the molecule is CC(C)c1nc2cc(NC(=O)C3(N)CCOC3)ccc2o1. The Balaban J connectivity index is 1.82. The number of hydrogen-bond acceptors (Lipinski definition) is 5. The van der Waals surface area contributed by atoms with Crippen LogP contribution in [-0.2, 0) is 9.53 Å². The summed E-state index contributed by atoms with van der Waals surface area (Å²) in [5.41, 5.74) is 7.19. The Labute approximate surface area is 122 Å². The van der Waals surface area contributed by atoms with Gasteiger partial charge >= 0.3 is 0 Å². The molecule has 1 saturated heterocycles. The minimum absolute atomic E-state index is 0.221. The monoisotopic (exact) mass is 289 g/mol. The van der Waals surface area contributed by atoms with Crippen molar-refractivity contribution in [3.05, 3.63) is 24.1 Å². The van der Waals surface area contributed by atoms with Crippen LogP contribution >= 0.6 is 0 Å². The Bertz CT molecular complexity index is 672. The summed E-state index contributed by atoms with van der Waals surface area (Å²) >= 11 is 0. The maximum Gasteiger partial charge on any atom is 0.246 e. The quantitative estimate of drug-likeness (QED) is 0.902. The van der Waals surface area contributed by atoms with Crippen molar-refractivity contribution in [1.29, 1.82) is 0 Å². The molecule has 2 aromatic rings. The van der Waals surface area contributed by atoms with Crippen molar-refractivity contribution < 1.29 is 13.9 Å². The summed E-state index contributed by atoms with van der Waals surface area (Å²) in [7, 11) is 0. The molecule has 6 heteroatoms. The van der Waals surface area contributed by atoms with Crippen LogP contribution in [0, 0.1) is 0 Å². The van der Waals surface area contributed by atoms with Gasteiger partial charge in [-0.2, -0.15) is 0 Å². The lowest BCUT2D eigenvalue weighted by Gasteiger charge is -2.20. The molecule has 3 N–H and O–H groups in total. The molecule has 6 nitrogen and oxygen atoms in total. The van der Waals surface area contributed by atoms with E-state index in [0.29, 0.717) is 30.2 Å². The highest BCUT2D eigenvalue weighted by molar-refractivity contribution is 5.99. The average molecular weight is 289 g/mol. The molecule has 0 radical (unpaired) electrons. The number of nitrogens with two attached hydrogens (primary N) is 1. The second-order valence-corrected chi connectivity index (χ2v) is 5.80. The minimum Gasteiger partial charge on any atom is -0.440 e. The maximum atomic E-state index is 12.2. The predicted molar refractivity (Wildman–Crippen MR) is 79.1 cm³/mol. The molecule has 1 aromatic heterocycles. The van der Waals surface area contributed by atoms with Gasteiger partial charge in [-0.3, -0.25) is 4.79 Å². The molecule has 3 rings (SSSR count). The third-order valence-electron chi connectivity index (χ3n) is 3.66. The number of ether oxygens (including phenoxy) is 1. The van der Waals surface area contributed by atoms with Crippen LogP contribution in [0.2, 0.25) is 0 Å². The highest BCUT2D eigenvalue weighted by Crippen LogP contribution is 2.25. The molecule has 0 saturated carbocycles. The molecule has 112 valence electrons. The summed E-state index contributed by atoms with van der Waals surface area (Å²) in [6.07, 6.45) is 0.530. The van der Waals surface area contributed by atoms with E-state index >= 15 is 0 Å². The number of carbonyl (C=O) groups is 1. The lowest BCUT2D eigenvalue weighted by Crippen LogP contribution is -2.51. The van der Waals surface area contributed by atoms with Gasteiger partial charge in [0, 0.05) is 18.2 Å². The summed E-state index contributed by atoms with van der Waals surface area (Å²) in [4.78, 5) is 16.6. The van der Waals surface area contributed by atoms with Gasteiger partial charge in [0.1, 0.15) is 11.1 Å². The van der Waals surface area contributed by atoms with Crippen LogP contribution in [0.4, 0.5) is 5.69 Å². The van der Waals surface area contributed by atoms with E-state index < -0.39 is 5.54 Å². The molecule has 0 bridgehead atoms. The Kier molecular flexibility index (Phi) is 3.43. The first-order chi connectivity index (χ1) is 9.98. The van der Waals surface area contributed by atoms with Crippen LogP contribution in [0.5, 0.6) is 0 Å². The predicted octanol–water partition coefficient (Wildman–Crippen LogP) is 2.01. The van der Waals surface area contributed by atoms with Crippen molar-refractivity contribution in [3.8, 4) is 0 Å². The fraction of sp³-hybridized carbons (Fsp3) is 0.467. The fourth-order valence-electron chi connectivity index (χ4n) is 2.29. The largest absolute Gasteiger partial charge is 0.440 e. The van der Waals surface area contributed by atoms with Crippen LogP contribution in [-0.4, -0.2) is 29.6 Å². The van der Waals surface area contributed by atoms with Crippen molar-refractivity contribution in [2.45, 2.75) is 31.7 Å². The van der Waals surface area contributed by atoms with E-state index in [1.54, 1.807) is 18.2 Å². The first-order valence-electron chi connectivity index (χ1n) is 7.06. The standard InChI is InChI=1S/C15H19N3O3/c1-9(2)13-18-11-7-10(3-4-12(11)21-13)17-14(19)15(16)5-6-20-8-15/h3-4,7,9H,5-6,8,16H2,1-2H3,(H,17,19). The third-order valence-corrected chi connectivity index (χ3v) is 3.66. The van der Waals surface area contributed by atoms with Crippen LogP contribution < -0.4 is 11.1 Å². The Morgan fingerprint density at radius 1 is 1.48 bits per heavy atom. The number of aromatic nitrogens is 1. The molecule has 1 aliphatic heterocycles.